The molecule has 1 aromatic carbocycles. The van der Waals surface area contributed by atoms with Gasteiger partial charge in [0, 0.05) is 24.0 Å². The van der Waals surface area contributed by atoms with Gasteiger partial charge < -0.3 is 5.32 Å². The predicted octanol–water partition coefficient (Wildman–Crippen LogP) is 3.69. The highest BCUT2D eigenvalue weighted by atomic mass is 35.5. The summed E-state index contributed by atoms with van der Waals surface area (Å²) in [5.74, 6) is -1.70. The van der Waals surface area contributed by atoms with Crippen molar-refractivity contribution in [2.24, 2.45) is 0 Å². The van der Waals surface area contributed by atoms with Gasteiger partial charge in [-0.15, -0.1) is 0 Å². The molecule has 0 aliphatic heterocycles. The Labute approximate surface area is 127 Å². The Hall–Kier alpha value is -2.25. The third kappa shape index (κ3) is 3.45. The van der Waals surface area contributed by atoms with Crippen LogP contribution in [0.4, 0.5) is 15.8 Å². The Balaban J connectivity index is 2.26. The molecule has 2 aromatic rings. The van der Waals surface area contributed by atoms with E-state index in [2.05, 4.69) is 10.3 Å². The SMILES string of the molecule is O=C(Nc1ccc([N+](=O)[O-])c(F)c1)c1cc(Cl)ncc1Cl. The molecule has 0 bridgehead atoms. The highest BCUT2D eigenvalue weighted by Gasteiger charge is 2.16. The molecule has 0 unspecified atom stereocenters. The van der Waals surface area contributed by atoms with E-state index < -0.39 is 22.3 Å². The van der Waals surface area contributed by atoms with Crippen LogP contribution in [-0.2, 0) is 0 Å². The van der Waals surface area contributed by atoms with E-state index in [0.717, 1.165) is 12.1 Å². The fourth-order valence-corrected chi connectivity index (χ4v) is 1.87. The van der Waals surface area contributed by atoms with Crippen LogP contribution in [0.15, 0.2) is 30.5 Å². The molecule has 1 heterocycles. The molecule has 0 aliphatic carbocycles. The van der Waals surface area contributed by atoms with Crippen LogP contribution in [0.25, 0.3) is 0 Å². The number of nitrogens with zero attached hydrogens (tertiary/aromatic N) is 2. The molecule has 0 atom stereocenters. The lowest BCUT2D eigenvalue weighted by atomic mass is 10.2. The standard InChI is InChI=1S/C12H6Cl2FN3O3/c13-8-5-16-11(14)4-7(8)12(19)17-6-1-2-10(18(20)21)9(15)3-6/h1-5H,(H,17,19). The van der Waals surface area contributed by atoms with Crippen molar-refractivity contribution in [3.8, 4) is 0 Å². The summed E-state index contributed by atoms with van der Waals surface area (Å²) < 4.78 is 13.4. The predicted molar refractivity (Wildman–Crippen MR) is 75.3 cm³/mol. The van der Waals surface area contributed by atoms with E-state index in [1.165, 1.54) is 18.3 Å². The molecule has 0 saturated heterocycles. The van der Waals surface area contributed by atoms with Crippen LogP contribution >= 0.6 is 23.2 Å². The molecule has 0 aliphatic rings. The summed E-state index contributed by atoms with van der Waals surface area (Å²) in [6.45, 7) is 0. The third-order valence-electron chi connectivity index (χ3n) is 2.47. The maximum Gasteiger partial charge on any atom is 0.304 e. The Morgan fingerprint density at radius 1 is 1.33 bits per heavy atom. The molecule has 0 fully saturated rings. The van der Waals surface area contributed by atoms with Crippen molar-refractivity contribution in [3.63, 3.8) is 0 Å². The van der Waals surface area contributed by atoms with Crippen LogP contribution in [0.1, 0.15) is 10.4 Å². The quantitative estimate of drug-likeness (QED) is 0.528. The molecule has 0 spiro atoms. The number of carbonyl (C=O) groups excluding carboxylic acids is 1. The first-order chi connectivity index (χ1) is 9.88. The van der Waals surface area contributed by atoms with Gasteiger partial charge >= 0.3 is 5.69 Å². The smallest absolute Gasteiger partial charge is 0.304 e. The second-order valence-electron chi connectivity index (χ2n) is 3.86. The Bertz CT molecular complexity index is 740. The van der Waals surface area contributed by atoms with Gasteiger partial charge in [0.2, 0.25) is 5.82 Å². The van der Waals surface area contributed by atoms with Crippen LogP contribution in [0.5, 0.6) is 0 Å². The van der Waals surface area contributed by atoms with Gasteiger partial charge in [-0.2, -0.15) is 4.39 Å². The minimum absolute atomic E-state index is 0.0482. The molecule has 1 N–H and O–H groups in total. The van der Waals surface area contributed by atoms with Gasteiger partial charge in [0.1, 0.15) is 5.15 Å². The lowest BCUT2D eigenvalue weighted by Crippen LogP contribution is -2.13. The summed E-state index contributed by atoms with van der Waals surface area (Å²) in [7, 11) is 0. The van der Waals surface area contributed by atoms with Gasteiger partial charge in [-0.3, -0.25) is 14.9 Å². The molecule has 1 aromatic heterocycles. The zero-order chi connectivity index (χ0) is 15.6. The highest BCUT2D eigenvalue weighted by Crippen LogP contribution is 2.23. The molecule has 0 saturated carbocycles. The zero-order valence-corrected chi connectivity index (χ0v) is 11.7. The van der Waals surface area contributed by atoms with Gasteiger partial charge in [0.05, 0.1) is 15.5 Å². The minimum atomic E-state index is -1.06. The van der Waals surface area contributed by atoms with E-state index in [1.807, 2.05) is 0 Å². The molecule has 0 radical (unpaired) electrons. The van der Waals surface area contributed by atoms with E-state index in [0.29, 0.717) is 0 Å². The zero-order valence-electron chi connectivity index (χ0n) is 10.1. The number of carbonyl (C=O) groups is 1. The number of nitrogens with one attached hydrogen (secondary N) is 1. The number of nitro benzene ring substituents is 1. The lowest BCUT2D eigenvalue weighted by Gasteiger charge is -2.07. The Morgan fingerprint density at radius 3 is 2.67 bits per heavy atom. The summed E-state index contributed by atoms with van der Waals surface area (Å²) in [6.07, 6.45) is 1.20. The topological polar surface area (TPSA) is 85.1 Å². The number of pyridine rings is 1. The number of aromatic nitrogens is 1. The van der Waals surface area contributed by atoms with Crippen molar-refractivity contribution in [3.05, 3.63) is 62.1 Å². The monoisotopic (exact) mass is 329 g/mol. The lowest BCUT2D eigenvalue weighted by molar-refractivity contribution is -0.387. The maximum absolute atomic E-state index is 13.4. The molecule has 2 rings (SSSR count). The van der Waals surface area contributed by atoms with Crippen molar-refractivity contribution < 1.29 is 14.1 Å². The van der Waals surface area contributed by atoms with Crippen molar-refractivity contribution in [1.29, 1.82) is 0 Å². The number of anilines is 1. The van der Waals surface area contributed by atoms with Crippen molar-refractivity contribution in [2.45, 2.75) is 0 Å². The number of nitro groups is 1. The molecule has 108 valence electrons. The highest BCUT2D eigenvalue weighted by molar-refractivity contribution is 6.35. The third-order valence-corrected chi connectivity index (χ3v) is 2.98. The summed E-state index contributed by atoms with van der Waals surface area (Å²) in [4.78, 5) is 25.3. The first kappa shape index (κ1) is 15.1. The normalized spacial score (nSPS) is 10.2. The molecule has 6 nitrogen and oxygen atoms in total. The number of hydrogen-bond acceptors (Lipinski definition) is 4. The van der Waals surface area contributed by atoms with E-state index >= 15 is 0 Å². The Morgan fingerprint density at radius 2 is 2.05 bits per heavy atom. The Kier molecular flexibility index (Phi) is 4.35. The van der Waals surface area contributed by atoms with Gasteiger partial charge in [-0.25, -0.2) is 4.98 Å². The molecular formula is C12H6Cl2FN3O3. The van der Waals surface area contributed by atoms with E-state index in [4.69, 9.17) is 23.2 Å². The van der Waals surface area contributed by atoms with Gasteiger partial charge in [0.25, 0.3) is 5.91 Å². The van der Waals surface area contributed by atoms with Crippen LogP contribution in [0.2, 0.25) is 10.2 Å². The molecule has 1 amide bonds. The summed E-state index contributed by atoms with van der Waals surface area (Å²) >= 11 is 11.5. The number of halogens is 3. The average molecular weight is 330 g/mol. The van der Waals surface area contributed by atoms with Gasteiger partial charge in [-0.1, -0.05) is 23.2 Å². The number of hydrogen-bond donors (Lipinski definition) is 1. The second-order valence-corrected chi connectivity index (χ2v) is 4.66. The number of rotatable bonds is 3. The summed E-state index contributed by atoms with van der Waals surface area (Å²) in [5.41, 5.74) is -0.583. The first-order valence-electron chi connectivity index (χ1n) is 5.45. The molecular weight excluding hydrogens is 324 g/mol. The van der Waals surface area contributed by atoms with Crippen molar-refractivity contribution >= 4 is 40.5 Å². The van der Waals surface area contributed by atoms with E-state index in [-0.39, 0.29) is 21.4 Å². The molecule has 21 heavy (non-hydrogen) atoms. The second kappa shape index (κ2) is 6.02. The van der Waals surface area contributed by atoms with Crippen LogP contribution < -0.4 is 5.32 Å². The number of benzene rings is 1. The fourth-order valence-electron chi connectivity index (χ4n) is 1.52. The van der Waals surface area contributed by atoms with Crippen LogP contribution in [-0.4, -0.2) is 15.8 Å². The summed E-state index contributed by atoms with van der Waals surface area (Å²) in [6, 6.07) is 4.25. The van der Waals surface area contributed by atoms with Gasteiger partial charge in [0.15, 0.2) is 0 Å². The van der Waals surface area contributed by atoms with Crippen LogP contribution in [0.3, 0.4) is 0 Å². The first-order valence-corrected chi connectivity index (χ1v) is 6.20. The minimum Gasteiger partial charge on any atom is -0.322 e. The van der Waals surface area contributed by atoms with Crippen molar-refractivity contribution in [2.75, 3.05) is 5.32 Å². The van der Waals surface area contributed by atoms with Gasteiger partial charge in [-0.05, 0) is 12.1 Å². The maximum atomic E-state index is 13.4. The fraction of sp³-hybridized carbons (Fsp3) is 0. The molecule has 9 heteroatoms. The van der Waals surface area contributed by atoms with E-state index in [1.54, 1.807) is 0 Å². The number of amides is 1. The largest absolute Gasteiger partial charge is 0.322 e. The summed E-state index contributed by atoms with van der Waals surface area (Å²) in [5, 5.41) is 13.0. The van der Waals surface area contributed by atoms with Crippen LogP contribution in [0, 0.1) is 15.9 Å². The average Bonchev–Trinajstić information content (AvgIpc) is 2.41. The van der Waals surface area contributed by atoms with E-state index in [9.17, 15) is 19.3 Å². The van der Waals surface area contributed by atoms with Crippen molar-refractivity contribution in [1.82, 2.24) is 4.98 Å².